The first-order valence-electron chi connectivity index (χ1n) is 1.000. The normalized spacial score (nSPS) is 1.60. The fourth-order valence-electron chi connectivity index (χ4n) is 0. The monoisotopic (exact) mass is 95.0 g/mol. The Labute approximate surface area is 76.4 Å². The van der Waals surface area contributed by atoms with Crippen LogP contribution in [0, 0.1) is 0 Å². The zero-order chi connectivity index (χ0) is 4.00. The van der Waals surface area contributed by atoms with E-state index < -0.39 is 0 Å². The number of rotatable bonds is 0. The summed E-state index contributed by atoms with van der Waals surface area (Å²) < 4.78 is 0. The Morgan fingerprint density at radius 2 is 0.600 bits per heavy atom. The first-order valence-corrected chi connectivity index (χ1v) is 1.000. The molecule has 0 amide bonds. The summed E-state index contributed by atoms with van der Waals surface area (Å²) in [4.78, 5) is 0. The molecular weight excluding hydrogens is 87.1 g/mol. The van der Waals surface area contributed by atoms with Crippen molar-refractivity contribution >= 4 is 51.4 Å². The molecule has 0 aromatic carbocycles. The third-order valence-corrected chi connectivity index (χ3v) is 0. The van der Waals surface area contributed by atoms with Gasteiger partial charge in [-0.15, -0.1) is 26.3 Å². The maximum atomic E-state index is 3.00. The standard InChI is InChI=1S/2C2H4.K/c2*1-2;/h2*1-2H2;. The third kappa shape index (κ3) is 39.9. The minimum atomic E-state index is 0. The topological polar surface area (TPSA) is 0 Å². The van der Waals surface area contributed by atoms with E-state index in [0.717, 1.165) is 0 Å². The fraction of sp³-hybridized carbons (Fsp3) is 0. The van der Waals surface area contributed by atoms with Crippen molar-refractivity contribution in [1.82, 2.24) is 0 Å². The molecule has 0 aromatic heterocycles. The molecule has 0 spiro atoms. The van der Waals surface area contributed by atoms with E-state index in [0.29, 0.717) is 0 Å². The predicted octanol–water partition coefficient (Wildman–Crippen LogP) is 1.22. The molecule has 0 nitrogen and oxygen atoms in total. The van der Waals surface area contributed by atoms with Crippen LogP contribution < -0.4 is 0 Å². The van der Waals surface area contributed by atoms with Gasteiger partial charge in [-0.1, -0.05) is 0 Å². The Balaban J connectivity index is -0.0000000133. The van der Waals surface area contributed by atoms with Gasteiger partial charge in [0.25, 0.3) is 0 Å². The van der Waals surface area contributed by atoms with E-state index in [1.165, 1.54) is 0 Å². The van der Waals surface area contributed by atoms with Crippen LogP contribution in [-0.4, -0.2) is 51.4 Å². The van der Waals surface area contributed by atoms with Gasteiger partial charge < -0.3 is 0 Å². The van der Waals surface area contributed by atoms with Crippen molar-refractivity contribution in [3.63, 3.8) is 0 Å². The maximum Gasteiger partial charge on any atom is 0 e. The second kappa shape index (κ2) is 69.6. The summed E-state index contributed by atoms with van der Waals surface area (Å²) in [6, 6.07) is 0. The van der Waals surface area contributed by atoms with Gasteiger partial charge in [0, 0.05) is 51.4 Å². The van der Waals surface area contributed by atoms with Crippen LogP contribution in [0.25, 0.3) is 0 Å². The first-order chi connectivity index (χ1) is 2.00. The summed E-state index contributed by atoms with van der Waals surface area (Å²) in [7, 11) is 0. The Kier molecular flexibility index (Phi) is 229. The van der Waals surface area contributed by atoms with Gasteiger partial charge in [-0.3, -0.25) is 0 Å². The zero-order valence-corrected chi connectivity index (χ0v) is 6.95. The predicted molar refractivity (Wildman–Crippen MR) is 28.3 cm³/mol. The van der Waals surface area contributed by atoms with Crippen LogP contribution in [0.15, 0.2) is 26.3 Å². The van der Waals surface area contributed by atoms with Crippen LogP contribution >= 0.6 is 0 Å². The SMILES string of the molecule is C=C.C=C.[K]. The molecule has 1 heteroatoms. The second-order valence-electron chi connectivity index (χ2n) is 0. The molecule has 5 heavy (non-hydrogen) atoms. The van der Waals surface area contributed by atoms with E-state index in [1.54, 1.807) is 0 Å². The van der Waals surface area contributed by atoms with Gasteiger partial charge in [0.15, 0.2) is 0 Å². The number of hydrogen-bond donors (Lipinski definition) is 0. The van der Waals surface area contributed by atoms with Crippen LogP contribution in [0.4, 0.5) is 0 Å². The molecule has 0 aliphatic carbocycles. The molecule has 0 saturated carbocycles. The van der Waals surface area contributed by atoms with Gasteiger partial charge in [-0.2, -0.15) is 0 Å². The van der Waals surface area contributed by atoms with Crippen molar-refractivity contribution in [2.45, 2.75) is 0 Å². The Bertz CT molecular complexity index is 5.61. The molecule has 0 fully saturated rings. The molecule has 0 unspecified atom stereocenters. The average molecular weight is 95.2 g/mol. The van der Waals surface area contributed by atoms with E-state index in [2.05, 4.69) is 26.3 Å². The van der Waals surface area contributed by atoms with E-state index in [1.807, 2.05) is 0 Å². The summed E-state index contributed by atoms with van der Waals surface area (Å²) in [6.45, 7) is 12.0. The van der Waals surface area contributed by atoms with E-state index in [4.69, 9.17) is 0 Å². The molecule has 1 radical (unpaired) electrons. The molecule has 0 bridgehead atoms. The minimum absolute atomic E-state index is 0. The number of hydrogen-bond acceptors (Lipinski definition) is 0. The van der Waals surface area contributed by atoms with Crippen LogP contribution in [-0.2, 0) is 0 Å². The van der Waals surface area contributed by atoms with Crippen LogP contribution in [0.5, 0.6) is 0 Å². The van der Waals surface area contributed by atoms with Gasteiger partial charge in [0.1, 0.15) is 0 Å². The van der Waals surface area contributed by atoms with Crippen LogP contribution in [0.1, 0.15) is 0 Å². The Hall–Kier alpha value is 1.12. The van der Waals surface area contributed by atoms with E-state index in [-0.39, 0.29) is 51.4 Å². The largest absolute Gasteiger partial charge is 0.106 e. The molecule has 0 atom stereocenters. The molecule has 0 N–H and O–H groups in total. The molecule has 0 aromatic rings. The molecule has 0 heterocycles. The zero-order valence-electron chi connectivity index (χ0n) is 3.83. The van der Waals surface area contributed by atoms with Gasteiger partial charge in [-0.25, -0.2) is 0 Å². The summed E-state index contributed by atoms with van der Waals surface area (Å²) >= 11 is 0. The van der Waals surface area contributed by atoms with Crippen molar-refractivity contribution in [2.24, 2.45) is 0 Å². The van der Waals surface area contributed by atoms with Gasteiger partial charge >= 0.3 is 0 Å². The van der Waals surface area contributed by atoms with Crippen LogP contribution in [0.3, 0.4) is 0 Å². The molecule has 25 valence electrons. The van der Waals surface area contributed by atoms with Crippen molar-refractivity contribution in [3.05, 3.63) is 26.3 Å². The van der Waals surface area contributed by atoms with Crippen molar-refractivity contribution in [1.29, 1.82) is 0 Å². The Morgan fingerprint density at radius 1 is 0.600 bits per heavy atom. The molecular formula is C4H8K. The average Bonchev–Trinajstić information content (AvgIpc) is 1.50. The molecule has 0 rings (SSSR count). The van der Waals surface area contributed by atoms with Crippen LogP contribution in [0.2, 0.25) is 0 Å². The summed E-state index contributed by atoms with van der Waals surface area (Å²) in [5, 5.41) is 0. The Morgan fingerprint density at radius 3 is 0.600 bits per heavy atom. The third-order valence-electron chi connectivity index (χ3n) is 0. The van der Waals surface area contributed by atoms with Crippen molar-refractivity contribution in [3.8, 4) is 0 Å². The smallest absolute Gasteiger partial charge is 0 e. The van der Waals surface area contributed by atoms with Gasteiger partial charge in [0.05, 0.1) is 0 Å². The summed E-state index contributed by atoms with van der Waals surface area (Å²) in [5.74, 6) is 0. The van der Waals surface area contributed by atoms with Crippen molar-refractivity contribution in [2.75, 3.05) is 0 Å². The second-order valence-corrected chi connectivity index (χ2v) is 0. The fourth-order valence-corrected chi connectivity index (χ4v) is 0. The van der Waals surface area contributed by atoms with E-state index in [9.17, 15) is 0 Å². The summed E-state index contributed by atoms with van der Waals surface area (Å²) in [5.41, 5.74) is 0. The molecule has 0 aliphatic rings. The quantitative estimate of drug-likeness (QED) is 0.313. The van der Waals surface area contributed by atoms with Gasteiger partial charge in [0.2, 0.25) is 0 Å². The minimum Gasteiger partial charge on any atom is -0.106 e. The molecule has 0 aliphatic heterocycles. The summed E-state index contributed by atoms with van der Waals surface area (Å²) in [6.07, 6.45) is 0. The van der Waals surface area contributed by atoms with Crippen molar-refractivity contribution < 1.29 is 0 Å². The molecule has 0 saturated heterocycles. The van der Waals surface area contributed by atoms with E-state index >= 15 is 0 Å². The van der Waals surface area contributed by atoms with Gasteiger partial charge in [-0.05, 0) is 0 Å². The maximum absolute atomic E-state index is 3.00. The first kappa shape index (κ1) is 16.5.